The molecule has 5 heteroatoms. The molecule has 0 spiro atoms. The summed E-state index contributed by atoms with van der Waals surface area (Å²) in [7, 11) is 1.59. The molecule has 5 nitrogen and oxygen atoms in total. The molecule has 0 aromatic heterocycles. The third-order valence-corrected chi connectivity index (χ3v) is 3.97. The monoisotopic (exact) mass is 325 g/mol. The van der Waals surface area contributed by atoms with Crippen LogP contribution in [0.15, 0.2) is 42.5 Å². The number of methoxy groups -OCH3 is 1. The minimum atomic E-state index is -0.242. The number of rotatable bonds is 5. The Bertz CT molecular complexity index is 752. The quantitative estimate of drug-likeness (QED) is 0.916. The van der Waals surface area contributed by atoms with Crippen LogP contribution in [0.25, 0.3) is 0 Å². The Balaban J connectivity index is 1.57. The topological polar surface area (TPSA) is 64.6 Å². The molecule has 1 aliphatic rings. The van der Waals surface area contributed by atoms with Crippen LogP contribution in [-0.4, -0.2) is 25.4 Å². The smallest absolute Gasteiger partial charge is 0.262 e. The lowest BCUT2D eigenvalue weighted by Crippen LogP contribution is -2.20. The molecule has 0 saturated carbocycles. The third kappa shape index (κ3) is 3.74. The summed E-state index contributed by atoms with van der Waals surface area (Å²) in [4.78, 5) is 23.8. The first-order valence-electron chi connectivity index (χ1n) is 7.88. The second-order valence-electron chi connectivity index (χ2n) is 5.66. The van der Waals surface area contributed by atoms with Crippen LogP contribution in [0, 0.1) is 0 Å². The van der Waals surface area contributed by atoms with Gasteiger partial charge < -0.3 is 14.8 Å². The summed E-state index contributed by atoms with van der Waals surface area (Å²) in [5.74, 6) is 1.27. The zero-order valence-electron chi connectivity index (χ0n) is 13.5. The lowest BCUT2D eigenvalue weighted by atomic mass is 9.91. The number of Topliss-reactive ketones (excluding diaryl/α,β-unsaturated/α-hetero) is 1. The fourth-order valence-electron chi connectivity index (χ4n) is 2.73. The molecule has 1 N–H and O–H groups in total. The SMILES string of the molecule is COc1ccc(NC(=O)COc2ccc3c(c2)CCCC3=O)cc1. The fourth-order valence-corrected chi connectivity index (χ4v) is 2.73. The van der Waals surface area contributed by atoms with Gasteiger partial charge in [-0.05, 0) is 60.9 Å². The number of carbonyl (C=O) groups is 2. The van der Waals surface area contributed by atoms with E-state index in [0.29, 0.717) is 17.9 Å². The number of hydrogen-bond donors (Lipinski definition) is 1. The lowest BCUT2D eigenvalue weighted by Gasteiger charge is -2.16. The fraction of sp³-hybridized carbons (Fsp3) is 0.263. The van der Waals surface area contributed by atoms with Crippen LogP contribution in [0.5, 0.6) is 11.5 Å². The zero-order valence-corrected chi connectivity index (χ0v) is 13.5. The van der Waals surface area contributed by atoms with E-state index in [1.807, 2.05) is 6.07 Å². The molecule has 1 amide bonds. The summed E-state index contributed by atoms with van der Waals surface area (Å²) >= 11 is 0. The van der Waals surface area contributed by atoms with Crippen molar-refractivity contribution in [3.05, 3.63) is 53.6 Å². The highest BCUT2D eigenvalue weighted by Crippen LogP contribution is 2.25. The highest BCUT2D eigenvalue weighted by molar-refractivity contribution is 5.98. The van der Waals surface area contributed by atoms with Gasteiger partial charge in [-0.25, -0.2) is 0 Å². The van der Waals surface area contributed by atoms with Gasteiger partial charge in [0.1, 0.15) is 11.5 Å². The van der Waals surface area contributed by atoms with E-state index < -0.39 is 0 Å². The van der Waals surface area contributed by atoms with E-state index in [9.17, 15) is 9.59 Å². The molecule has 0 unspecified atom stereocenters. The molecule has 3 rings (SSSR count). The molecule has 1 aliphatic carbocycles. The van der Waals surface area contributed by atoms with Crippen LogP contribution in [0.1, 0.15) is 28.8 Å². The zero-order chi connectivity index (χ0) is 16.9. The standard InChI is InChI=1S/C19H19NO4/c1-23-15-7-5-14(6-8-15)20-19(22)12-24-16-9-10-17-13(11-16)3-2-4-18(17)21/h5-11H,2-4,12H2,1H3,(H,20,22). The predicted molar refractivity (Wildman–Crippen MR) is 90.8 cm³/mol. The van der Waals surface area contributed by atoms with Gasteiger partial charge in [0.05, 0.1) is 7.11 Å². The van der Waals surface area contributed by atoms with Gasteiger partial charge in [-0.15, -0.1) is 0 Å². The van der Waals surface area contributed by atoms with E-state index in [2.05, 4.69) is 5.32 Å². The number of ether oxygens (including phenoxy) is 2. The average Bonchev–Trinajstić information content (AvgIpc) is 2.61. The summed E-state index contributed by atoms with van der Waals surface area (Å²) in [6.07, 6.45) is 2.35. The average molecular weight is 325 g/mol. The van der Waals surface area contributed by atoms with Crippen LogP contribution in [-0.2, 0) is 11.2 Å². The number of fused-ring (bicyclic) bond motifs is 1. The normalized spacial score (nSPS) is 13.1. The van der Waals surface area contributed by atoms with Crippen molar-refractivity contribution in [1.82, 2.24) is 0 Å². The third-order valence-electron chi connectivity index (χ3n) is 3.97. The van der Waals surface area contributed by atoms with Gasteiger partial charge in [0, 0.05) is 17.7 Å². The molecule has 0 fully saturated rings. The van der Waals surface area contributed by atoms with Crippen LogP contribution >= 0.6 is 0 Å². The summed E-state index contributed by atoms with van der Waals surface area (Å²) in [5.41, 5.74) is 2.45. The molecule has 0 bridgehead atoms. The van der Waals surface area contributed by atoms with Crippen molar-refractivity contribution in [3.8, 4) is 11.5 Å². The number of carbonyl (C=O) groups excluding carboxylic acids is 2. The van der Waals surface area contributed by atoms with Crippen molar-refractivity contribution in [1.29, 1.82) is 0 Å². The molecule has 2 aromatic rings. The van der Waals surface area contributed by atoms with Crippen molar-refractivity contribution < 1.29 is 19.1 Å². The molecular formula is C19H19NO4. The number of benzene rings is 2. The van der Waals surface area contributed by atoms with Crippen molar-refractivity contribution in [3.63, 3.8) is 0 Å². The van der Waals surface area contributed by atoms with Crippen molar-refractivity contribution in [2.45, 2.75) is 19.3 Å². The number of anilines is 1. The predicted octanol–water partition coefficient (Wildman–Crippen LogP) is 3.23. The highest BCUT2D eigenvalue weighted by Gasteiger charge is 2.17. The number of amides is 1. The first-order chi connectivity index (χ1) is 11.7. The molecule has 24 heavy (non-hydrogen) atoms. The number of aryl methyl sites for hydroxylation is 1. The summed E-state index contributed by atoms with van der Waals surface area (Å²) in [5, 5.41) is 2.76. The van der Waals surface area contributed by atoms with Gasteiger partial charge >= 0.3 is 0 Å². The second-order valence-corrected chi connectivity index (χ2v) is 5.66. The van der Waals surface area contributed by atoms with E-state index in [-0.39, 0.29) is 18.3 Å². The number of ketones is 1. The lowest BCUT2D eigenvalue weighted by molar-refractivity contribution is -0.118. The van der Waals surface area contributed by atoms with E-state index in [0.717, 1.165) is 29.7 Å². The Labute approximate surface area is 140 Å². The Morgan fingerprint density at radius 2 is 1.83 bits per heavy atom. The van der Waals surface area contributed by atoms with Gasteiger partial charge in [-0.2, -0.15) is 0 Å². The molecule has 0 saturated heterocycles. The maximum absolute atomic E-state index is 12.0. The maximum Gasteiger partial charge on any atom is 0.262 e. The van der Waals surface area contributed by atoms with Gasteiger partial charge in [-0.1, -0.05) is 0 Å². The molecule has 0 radical (unpaired) electrons. The molecule has 0 aliphatic heterocycles. The van der Waals surface area contributed by atoms with Gasteiger partial charge in [-0.3, -0.25) is 9.59 Å². The van der Waals surface area contributed by atoms with Crippen LogP contribution in [0.3, 0.4) is 0 Å². The number of hydrogen-bond acceptors (Lipinski definition) is 4. The molecule has 0 heterocycles. The molecule has 124 valence electrons. The van der Waals surface area contributed by atoms with Gasteiger partial charge in [0.2, 0.25) is 0 Å². The van der Waals surface area contributed by atoms with Crippen LogP contribution in [0.2, 0.25) is 0 Å². The highest BCUT2D eigenvalue weighted by atomic mass is 16.5. The number of nitrogens with one attached hydrogen (secondary N) is 1. The Hall–Kier alpha value is -2.82. The van der Waals surface area contributed by atoms with Gasteiger partial charge in [0.15, 0.2) is 12.4 Å². The Morgan fingerprint density at radius 3 is 2.58 bits per heavy atom. The largest absolute Gasteiger partial charge is 0.497 e. The summed E-state index contributed by atoms with van der Waals surface area (Å²) in [6.45, 7) is -0.0846. The van der Waals surface area contributed by atoms with E-state index >= 15 is 0 Å². The van der Waals surface area contributed by atoms with Gasteiger partial charge in [0.25, 0.3) is 5.91 Å². The maximum atomic E-state index is 12.0. The van der Waals surface area contributed by atoms with E-state index in [1.165, 1.54) is 0 Å². The van der Waals surface area contributed by atoms with Crippen LogP contribution < -0.4 is 14.8 Å². The summed E-state index contributed by atoms with van der Waals surface area (Å²) < 4.78 is 10.6. The molecule has 2 aromatic carbocycles. The Kier molecular flexibility index (Phi) is 4.79. The van der Waals surface area contributed by atoms with Crippen molar-refractivity contribution >= 4 is 17.4 Å². The minimum Gasteiger partial charge on any atom is -0.497 e. The molecular weight excluding hydrogens is 306 g/mol. The van der Waals surface area contributed by atoms with Crippen molar-refractivity contribution in [2.75, 3.05) is 19.0 Å². The minimum absolute atomic E-state index is 0.0846. The van der Waals surface area contributed by atoms with E-state index in [4.69, 9.17) is 9.47 Å². The second kappa shape index (κ2) is 7.17. The van der Waals surface area contributed by atoms with Crippen molar-refractivity contribution in [2.24, 2.45) is 0 Å². The molecule has 0 atom stereocenters. The first kappa shape index (κ1) is 16.1. The Morgan fingerprint density at radius 1 is 1.08 bits per heavy atom. The van der Waals surface area contributed by atoms with E-state index in [1.54, 1.807) is 43.5 Å². The summed E-state index contributed by atoms with van der Waals surface area (Å²) in [6, 6.07) is 12.5. The first-order valence-corrected chi connectivity index (χ1v) is 7.88. The van der Waals surface area contributed by atoms with Crippen LogP contribution in [0.4, 0.5) is 5.69 Å².